The Labute approximate surface area is 176 Å². The lowest BCUT2D eigenvalue weighted by Crippen LogP contribution is -2.35. The minimum atomic E-state index is -3.95. The number of hydrogen-bond donors (Lipinski definition) is 2. The van der Waals surface area contributed by atoms with Crippen molar-refractivity contribution in [3.05, 3.63) is 59.2 Å². The molecule has 0 bridgehead atoms. The third-order valence-electron chi connectivity index (χ3n) is 5.01. The van der Waals surface area contributed by atoms with E-state index in [9.17, 15) is 18.0 Å². The number of hydrogen-bond acceptors (Lipinski definition) is 5. The van der Waals surface area contributed by atoms with Crippen molar-refractivity contribution < 1.29 is 22.7 Å². The van der Waals surface area contributed by atoms with Crippen molar-refractivity contribution in [2.45, 2.75) is 30.7 Å². The van der Waals surface area contributed by atoms with Crippen molar-refractivity contribution in [2.75, 3.05) is 20.2 Å². The lowest BCUT2D eigenvalue weighted by molar-refractivity contribution is 0.0724. The van der Waals surface area contributed by atoms with Gasteiger partial charge in [0, 0.05) is 25.2 Å². The Morgan fingerprint density at radius 3 is 2.50 bits per heavy atom. The number of piperidine rings is 1. The number of nitrogens with two attached hydrogens (primary N) is 1. The van der Waals surface area contributed by atoms with Crippen molar-refractivity contribution in [3.63, 3.8) is 0 Å². The van der Waals surface area contributed by atoms with Crippen LogP contribution in [-0.2, 0) is 16.6 Å². The van der Waals surface area contributed by atoms with Gasteiger partial charge in [0.15, 0.2) is 0 Å². The predicted molar refractivity (Wildman–Crippen MR) is 112 cm³/mol. The first-order valence-corrected chi connectivity index (χ1v) is 11.2. The van der Waals surface area contributed by atoms with Crippen LogP contribution in [0.5, 0.6) is 5.75 Å². The summed E-state index contributed by atoms with van der Waals surface area (Å²) in [5, 5.41) is 7.89. The highest BCUT2D eigenvalue weighted by Gasteiger charge is 2.19. The number of primary sulfonamides is 1. The Morgan fingerprint density at radius 1 is 1.10 bits per heavy atom. The van der Waals surface area contributed by atoms with Gasteiger partial charge in [0.2, 0.25) is 10.0 Å². The molecule has 30 heavy (non-hydrogen) atoms. The number of rotatable bonds is 6. The largest absolute Gasteiger partial charge is 0.496 e. The summed E-state index contributed by atoms with van der Waals surface area (Å²) in [6.45, 7) is 1.70. The van der Waals surface area contributed by atoms with E-state index in [0.29, 0.717) is 5.56 Å². The molecule has 1 aliphatic heterocycles. The molecule has 3 rings (SSSR count). The van der Waals surface area contributed by atoms with Gasteiger partial charge < -0.3 is 15.0 Å². The van der Waals surface area contributed by atoms with Crippen LogP contribution in [0.4, 0.5) is 0 Å². The summed E-state index contributed by atoms with van der Waals surface area (Å²) in [7, 11) is -2.57. The smallest absolute Gasteiger partial charge is 0.255 e. The molecule has 1 saturated heterocycles. The third kappa shape index (κ3) is 5.17. The van der Waals surface area contributed by atoms with Gasteiger partial charge in [-0.2, -0.15) is 0 Å². The second-order valence-electron chi connectivity index (χ2n) is 7.14. The highest BCUT2D eigenvalue weighted by molar-refractivity contribution is 7.89. The average Bonchev–Trinajstić information content (AvgIpc) is 2.76. The molecule has 160 valence electrons. The van der Waals surface area contributed by atoms with E-state index in [-0.39, 0.29) is 28.7 Å². The first-order valence-electron chi connectivity index (χ1n) is 9.67. The van der Waals surface area contributed by atoms with E-state index < -0.39 is 15.9 Å². The minimum Gasteiger partial charge on any atom is -0.496 e. The fourth-order valence-corrected chi connectivity index (χ4v) is 3.95. The zero-order chi connectivity index (χ0) is 21.7. The molecule has 0 spiro atoms. The van der Waals surface area contributed by atoms with Crippen LogP contribution in [-0.4, -0.2) is 45.3 Å². The topological polar surface area (TPSA) is 119 Å². The fraction of sp³-hybridized carbons (Fsp3) is 0.333. The monoisotopic (exact) mass is 431 g/mol. The molecule has 0 aliphatic carbocycles. The molecule has 2 amide bonds. The summed E-state index contributed by atoms with van der Waals surface area (Å²) in [4.78, 5) is 27.0. The predicted octanol–water partition coefficient (Wildman–Crippen LogP) is 1.90. The van der Waals surface area contributed by atoms with Gasteiger partial charge in [-0.15, -0.1) is 0 Å². The summed E-state index contributed by atoms with van der Waals surface area (Å²) in [5.74, 6) is -0.288. The zero-order valence-electron chi connectivity index (χ0n) is 16.8. The van der Waals surface area contributed by atoms with E-state index in [1.165, 1.54) is 25.3 Å². The van der Waals surface area contributed by atoms with Gasteiger partial charge in [-0.05, 0) is 55.2 Å². The van der Waals surface area contributed by atoms with Crippen LogP contribution >= 0.6 is 0 Å². The molecular weight excluding hydrogens is 406 g/mol. The highest BCUT2D eigenvalue weighted by Crippen LogP contribution is 2.22. The van der Waals surface area contributed by atoms with E-state index >= 15 is 0 Å². The minimum absolute atomic E-state index is 0.00889. The summed E-state index contributed by atoms with van der Waals surface area (Å²) in [6, 6.07) is 11.0. The average molecular weight is 432 g/mol. The SMILES string of the molecule is COc1ccc(S(N)(=O)=O)cc1C(=O)NCc1cccc(C(=O)N2CCCCC2)c1. The van der Waals surface area contributed by atoms with Crippen molar-refractivity contribution in [1.82, 2.24) is 10.2 Å². The second-order valence-corrected chi connectivity index (χ2v) is 8.70. The number of ether oxygens (including phenoxy) is 1. The highest BCUT2D eigenvalue weighted by atomic mass is 32.2. The van der Waals surface area contributed by atoms with Crippen LogP contribution in [0, 0.1) is 0 Å². The fourth-order valence-electron chi connectivity index (χ4n) is 3.41. The van der Waals surface area contributed by atoms with Crippen molar-refractivity contribution in [3.8, 4) is 5.75 Å². The molecule has 0 saturated carbocycles. The number of carbonyl (C=O) groups excluding carboxylic acids is 2. The molecule has 0 aromatic heterocycles. The molecule has 2 aromatic rings. The van der Waals surface area contributed by atoms with E-state index in [4.69, 9.17) is 9.88 Å². The standard InChI is InChI=1S/C21H25N3O5S/c1-29-19-9-8-17(30(22,27)28)13-18(19)20(25)23-14-15-6-5-7-16(12-15)21(26)24-10-3-2-4-11-24/h5-9,12-13H,2-4,10-11,14H2,1H3,(H,23,25)(H2,22,27,28). The maximum absolute atomic E-state index is 12.7. The molecule has 0 radical (unpaired) electrons. The number of methoxy groups -OCH3 is 1. The third-order valence-corrected chi connectivity index (χ3v) is 5.93. The second kappa shape index (κ2) is 9.27. The number of sulfonamides is 1. The van der Waals surface area contributed by atoms with Gasteiger partial charge in [0.1, 0.15) is 5.75 Å². The summed E-state index contributed by atoms with van der Waals surface area (Å²) in [5.41, 5.74) is 1.40. The number of nitrogens with one attached hydrogen (secondary N) is 1. The van der Waals surface area contributed by atoms with E-state index in [1.807, 2.05) is 11.0 Å². The Balaban J connectivity index is 1.73. The van der Waals surface area contributed by atoms with Crippen LogP contribution in [0.2, 0.25) is 0 Å². The Bertz CT molecular complexity index is 1050. The first-order chi connectivity index (χ1) is 14.3. The number of carbonyl (C=O) groups is 2. The molecule has 9 heteroatoms. The van der Waals surface area contributed by atoms with Crippen molar-refractivity contribution in [2.24, 2.45) is 5.14 Å². The van der Waals surface area contributed by atoms with E-state index in [0.717, 1.165) is 37.9 Å². The zero-order valence-corrected chi connectivity index (χ0v) is 17.6. The van der Waals surface area contributed by atoms with Crippen LogP contribution < -0.4 is 15.2 Å². The Morgan fingerprint density at radius 2 is 1.83 bits per heavy atom. The Hall–Kier alpha value is -2.91. The van der Waals surface area contributed by atoms with Gasteiger partial charge in [0.25, 0.3) is 11.8 Å². The normalized spacial score (nSPS) is 14.3. The lowest BCUT2D eigenvalue weighted by atomic mass is 10.1. The van der Waals surface area contributed by atoms with Gasteiger partial charge >= 0.3 is 0 Å². The first kappa shape index (κ1) is 21.8. The van der Waals surface area contributed by atoms with Crippen LogP contribution in [0.1, 0.15) is 45.5 Å². The molecule has 1 fully saturated rings. The maximum Gasteiger partial charge on any atom is 0.255 e. The Kier molecular flexibility index (Phi) is 6.73. The van der Waals surface area contributed by atoms with Crippen molar-refractivity contribution in [1.29, 1.82) is 0 Å². The molecule has 1 heterocycles. The number of amides is 2. The molecular formula is C21H25N3O5S. The molecule has 0 unspecified atom stereocenters. The summed E-state index contributed by atoms with van der Waals surface area (Å²) < 4.78 is 28.3. The molecule has 8 nitrogen and oxygen atoms in total. The number of nitrogens with zero attached hydrogens (tertiary/aromatic N) is 1. The number of benzene rings is 2. The van der Waals surface area contributed by atoms with Crippen LogP contribution in [0.15, 0.2) is 47.4 Å². The maximum atomic E-state index is 12.7. The molecule has 2 aromatic carbocycles. The van der Waals surface area contributed by atoms with Crippen molar-refractivity contribution >= 4 is 21.8 Å². The van der Waals surface area contributed by atoms with E-state index in [2.05, 4.69) is 5.32 Å². The van der Waals surface area contributed by atoms with Gasteiger partial charge in [-0.25, -0.2) is 13.6 Å². The van der Waals surface area contributed by atoms with Gasteiger partial charge in [-0.1, -0.05) is 12.1 Å². The van der Waals surface area contributed by atoms with Crippen LogP contribution in [0.3, 0.4) is 0 Å². The van der Waals surface area contributed by atoms with Gasteiger partial charge in [0.05, 0.1) is 17.6 Å². The lowest BCUT2D eigenvalue weighted by Gasteiger charge is -2.26. The quantitative estimate of drug-likeness (QED) is 0.724. The molecule has 1 aliphatic rings. The van der Waals surface area contributed by atoms with Gasteiger partial charge in [-0.3, -0.25) is 9.59 Å². The summed E-state index contributed by atoms with van der Waals surface area (Å²) in [6.07, 6.45) is 3.17. The molecule has 0 atom stereocenters. The van der Waals surface area contributed by atoms with E-state index in [1.54, 1.807) is 18.2 Å². The number of likely N-dealkylation sites (tertiary alicyclic amines) is 1. The molecule has 3 N–H and O–H groups in total. The van der Waals surface area contributed by atoms with Crippen LogP contribution in [0.25, 0.3) is 0 Å². The summed E-state index contributed by atoms with van der Waals surface area (Å²) >= 11 is 0.